The van der Waals surface area contributed by atoms with Crippen LogP contribution < -0.4 is 10.6 Å². The Kier molecular flexibility index (Phi) is 7.60. The van der Waals surface area contributed by atoms with Gasteiger partial charge in [-0.1, -0.05) is 39.8 Å². The molecule has 0 saturated heterocycles. The number of hydrogen-bond acceptors (Lipinski definition) is 3. The van der Waals surface area contributed by atoms with Crippen LogP contribution in [0.3, 0.4) is 0 Å². The van der Waals surface area contributed by atoms with Gasteiger partial charge in [-0.05, 0) is 36.7 Å². The van der Waals surface area contributed by atoms with Crippen molar-refractivity contribution in [3.8, 4) is 0 Å². The van der Waals surface area contributed by atoms with Crippen molar-refractivity contribution in [2.75, 3.05) is 25.0 Å². The highest BCUT2D eigenvalue weighted by molar-refractivity contribution is 6.39. The first-order chi connectivity index (χ1) is 10.5. The molecule has 0 aromatic heterocycles. The second kappa shape index (κ2) is 9.20. The monoisotopic (exact) mass is 305 g/mol. The van der Waals surface area contributed by atoms with Gasteiger partial charge in [0, 0.05) is 18.8 Å². The molecule has 1 aromatic rings. The Bertz CT molecular complexity index is 496. The van der Waals surface area contributed by atoms with Crippen LogP contribution in [0.15, 0.2) is 24.3 Å². The molecule has 5 nitrogen and oxygen atoms in total. The minimum Gasteiger partial charge on any atom is -0.348 e. The summed E-state index contributed by atoms with van der Waals surface area (Å²) in [6, 6.07) is 7.61. The number of hydrogen-bond donors (Lipinski definition) is 2. The molecule has 122 valence electrons. The van der Waals surface area contributed by atoms with E-state index in [0.717, 1.165) is 25.2 Å². The molecule has 0 radical (unpaired) electrons. The maximum Gasteiger partial charge on any atom is 0.313 e. The standard InChI is InChI=1S/C17H27N3O2/c1-5-20(6-2)12-14-8-7-9-15(10-14)19-17(22)16(21)18-11-13(3)4/h7-10,13H,5-6,11-12H2,1-4H3,(H,18,21)(H,19,22). The van der Waals surface area contributed by atoms with E-state index in [1.807, 2.05) is 32.0 Å². The van der Waals surface area contributed by atoms with Gasteiger partial charge in [0.15, 0.2) is 0 Å². The van der Waals surface area contributed by atoms with Crippen molar-refractivity contribution in [2.45, 2.75) is 34.2 Å². The number of nitrogens with zero attached hydrogens (tertiary/aromatic N) is 1. The third kappa shape index (κ3) is 6.26. The highest BCUT2D eigenvalue weighted by Crippen LogP contribution is 2.12. The van der Waals surface area contributed by atoms with Crippen molar-refractivity contribution in [3.63, 3.8) is 0 Å². The van der Waals surface area contributed by atoms with Gasteiger partial charge in [-0.15, -0.1) is 0 Å². The highest BCUT2D eigenvalue weighted by atomic mass is 16.2. The SMILES string of the molecule is CCN(CC)Cc1cccc(NC(=O)C(=O)NCC(C)C)c1. The van der Waals surface area contributed by atoms with Crippen LogP contribution in [0.25, 0.3) is 0 Å². The van der Waals surface area contributed by atoms with Crippen LogP contribution in [0.5, 0.6) is 0 Å². The summed E-state index contributed by atoms with van der Waals surface area (Å²) in [5.41, 5.74) is 1.76. The van der Waals surface area contributed by atoms with E-state index < -0.39 is 11.8 Å². The Morgan fingerprint density at radius 1 is 1.14 bits per heavy atom. The molecule has 1 rings (SSSR count). The van der Waals surface area contributed by atoms with Crippen molar-refractivity contribution < 1.29 is 9.59 Å². The molecule has 0 aliphatic carbocycles. The van der Waals surface area contributed by atoms with Gasteiger partial charge in [0.2, 0.25) is 0 Å². The zero-order chi connectivity index (χ0) is 16.5. The Morgan fingerprint density at radius 3 is 2.41 bits per heavy atom. The van der Waals surface area contributed by atoms with E-state index in [4.69, 9.17) is 0 Å². The predicted octanol–water partition coefficient (Wildman–Crippen LogP) is 2.24. The van der Waals surface area contributed by atoms with E-state index in [1.165, 1.54) is 0 Å². The molecule has 0 aliphatic heterocycles. The van der Waals surface area contributed by atoms with Crippen molar-refractivity contribution in [1.29, 1.82) is 0 Å². The zero-order valence-corrected chi connectivity index (χ0v) is 14.0. The van der Waals surface area contributed by atoms with Crippen LogP contribution >= 0.6 is 0 Å². The molecule has 0 saturated carbocycles. The van der Waals surface area contributed by atoms with E-state index >= 15 is 0 Å². The van der Waals surface area contributed by atoms with Crippen LogP contribution in [0.4, 0.5) is 5.69 Å². The van der Waals surface area contributed by atoms with Crippen LogP contribution in [0.1, 0.15) is 33.3 Å². The summed E-state index contributed by atoms with van der Waals surface area (Å²) < 4.78 is 0. The number of carbonyl (C=O) groups is 2. The molecule has 0 atom stereocenters. The molecule has 2 amide bonds. The Labute approximate surface area is 133 Å². The fraction of sp³-hybridized carbons (Fsp3) is 0.529. The fourth-order valence-electron chi connectivity index (χ4n) is 2.02. The third-order valence-corrected chi connectivity index (χ3v) is 3.36. The lowest BCUT2D eigenvalue weighted by Crippen LogP contribution is -2.37. The lowest BCUT2D eigenvalue weighted by Gasteiger charge is -2.18. The Morgan fingerprint density at radius 2 is 1.82 bits per heavy atom. The molecule has 0 bridgehead atoms. The minimum atomic E-state index is -0.624. The fourth-order valence-corrected chi connectivity index (χ4v) is 2.02. The lowest BCUT2D eigenvalue weighted by atomic mass is 10.2. The summed E-state index contributed by atoms with van der Waals surface area (Å²) in [6.45, 7) is 11.5. The van der Waals surface area contributed by atoms with Crippen LogP contribution in [-0.2, 0) is 16.1 Å². The number of carbonyl (C=O) groups excluding carboxylic acids is 2. The molecule has 0 spiro atoms. The van der Waals surface area contributed by atoms with E-state index in [1.54, 1.807) is 6.07 Å². The molecule has 2 N–H and O–H groups in total. The van der Waals surface area contributed by atoms with Gasteiger partial charge in [-0.2, -0.15) is 0 Å². The number of benzene rings is 1. The van der Waals surface area contributed by atoms with Gasteiger partial charge in [0.1, 0.15) is 0 Å². The van der Waals surface area contributed by atoms with Gasteiger partial charge in [0.25, 0.3) is 0 Å². The number of anilines is 1. The van der Waals surface area contributed by atoms with Gasteiger partial charge in [-0.3, -0.25) is 14.5 Å². The van der Waals surface area contributed by atoms with Gasteiger partial charge >= 0.3 is 11.8 Å². The highest BCUT2D eigenvalue weighted by Gasteiger charge is 2.13. The van der Waals surface area contributed by atoms with E-state index in [2.05, 4.69) is 29.4 Å². The molecule has 0 fully saturated rings. The van der Waals surface area contributed by atoms with E-state index in [9.17, 15) is 9.59 Å². The van der Waals surface area contributed by atoms with Gasteiger partial charge in [0.05, 0.1) is 0 Å². The summed E-state index contributed by atoms with van der Waals surface area (Å²) in [6.07, 6.45) is 0. The first-order valence-electron chi connectivity index (χ1n) is 7.86. The summed E-state index contributed by atoms with van der Waals surface area (Å²) in [5, 5.41) is 5.25. The first-order valence-corrected chi connectivity index (χ1v) is 7.86. The Balaban J connectivity index is 2.62. The molecule has 0 heterocycles. The second-order valence-corrected chi connectivity index (χ2v) is 5.72. The molecule has 0 aliphatic rings. The van der Waals surface area contributed by atoms with Crippen LogP contribution in [0, 0.1) is 5.92 Å². The topological polar surface area (TPSA) is 61.4 Å². The first kappa shape index (κ1) is 18.2. The summed E-state index contributed by atoms with van der Waals surface area (Å²) in [7, 11) is 0. The normalized spacial score (nSPS) is 10.8. The van der Waals surface area contributed by atoms with Crippen molar-refractivity contribution in [1.82, 2.24) is 10.2 Å². The average molecular weight is 305 g/mol. The van der Waals surface area contributed by atoms with Crippen LogP contribution in [-0.4, -0.2) is 36.3 Å². The third-order valence-electron chi connectivity index (χ3n) is 3.36. The summed E-state index contributed by atoms with van der Waals surface area (Å²) in [5.74, 6) is -0.905. The van der Waals surface area contributed by atoms with Crippen molar-refractivity contribution >= 4 is 17.5 Å². The molecule has 0 unspecified atom stereocenters. The molecule has 22 heavy (non-hydrogen) atoms. The van der Waals surface area contributed by atoms with Gasteiger partial charge in [-0.25, -0.2) is 0 Å². The smallest absolute Gasteiger partial charge is 0.313 e. The second-order valence-electron chi connectivity index (χ2n) is 5.72. The van der Waals surface area contributed by atoms with Crippen LogP contribution in [0.2, 0.25) is 0 Å². The van der Waals surface area contributed by atoms with E-state index in [-0.39, 0.29) is 0 Å². The minimum absolute atomic E-state index is 0.314. The molecule has 5 heteroatoms. The van der Waals surface area contributed by atoms with Crippen molar-refractivity contribution in [3.05, 3.63) is 29.8 Å². The average Bonchev–Trinajstić information content (AvgIpc) is 2.50. The predicted molar refractivity (Wildman–Crippen MR) is 89.5 cm³/mol. The molecular formula is C17H27N3O2. The number of rotatable bonds is 7. The summed E-state index contributed by atoms with van der Waals surface area (Å²) >= 11 is 0. The van der Waals surface area contributed by atoms with Crippen molar-refractivity contribution in [2.24, 2.45) is 5.92 Å². The maximum absolute atomic E-state index is 11.8. The molecular weight excluding hydrogens is 278 g/mol. The largest absolute Gasteiger partial charge is 0.348 e. The zero-order valence-electron chi connectivity index (χ0n) is 14.0. The number of nitrogens with one attached hydrogen (secondary N) is 2. The molecule has 1 aromatic carbocycles. The maximum atomic E-state index is 11.8. The number of amides is 2. The Hall–Kier alpha value is -1.88. The van der Waals surface area contributed by atoms with Gasteiger partial charge < -0.3 is 10.6 Å². The van der Waals surface area contributed by atoms with E-state index in [0.29, 0.717) is 18.2 Å². The quantitative estimate of drug-likeness (QED) is 0.760. The lowest BCUT2D eigenvalue weighted by molar-refractivity contribution is -0.136. The summed E-state index contributed by atoms with van der Waals surface area (Å²) in [4.78, 5) is 25.8.